The second-order valence-corrected chi connectivity index (χ2v) is 6.19. The molecular weight excluding hydrogens is 393 g/mol. The van der Waals surface area contributed by atoms with E-state index in [9.17, 15) is 14.0 Å². The summed E-state index contributed by atoms with van der Waals surface area (Å²) in [5.74, 6) is -0.695. The van der Waals surface area contributed by atoms with Crippen LogP contribution in [-0.4, -0.2) is 25.4 Å². The Morgan fingerprint density at radius 2 is 1.96 bits per heavy atom. The number of Topliss-reactive ketones (excluding diaryl/α,β-unsaturated/α-hetero) is 1. The van der Waals surface area contributed by atoms with Crippen molar-refractivity contribution in [3.63, 3.8) is 0 Å². The van der Waals surface area contributed by atoms with Crippen LogP contribution in [0.15, 0.2) is 40.9 Å². The molecule has 5 nitrogen and oxygen atoms in total. The van der Waals surface area contributed by atoms with Gasteiger partial charge in [0.2, 0.25) is 0 Å². The predicted octanol–water partition coefficient (Wildman–Crippen LogP) is 3.95. The van der Waals surface area contributed by atoms with Crippen molar-refractivity contribution in [2.24, 2.45) is 0 Å². The van der Waals surface area contributed by atoms with Gasteiger partial charge in [-0.2, -0.15) is 0 Å². The van der Waals surface area contributed by atoms with Crippen LogP contribution in [-0.2, 0) is 16.1 Å². The Morgan fingerprint density at radius 1 is 1.20 bits per heavy atom. The summed E-state index contributed by atoms with van der Waals surface area (Å²) in [4.78, 5) is 23.4. The lowest BCUT2D eigenvalue weighted by molar-refractivity contribution is -0.118. The summed E-state index contributed by atoms with van der Waals surface area (Å²) in [6.07, 6.45) is 0. The van der Waals surface area contributed by atoms with Crippen molar-refractivity contribution in [1.29, 1.82) is 0 Å². The Hall–Kier alpha value is -2.25. The van der Waals surface area contributed by atoms with E-state index in [0.29, 0.717) is 21.3 Å². The van der Waals surface area contributed by atoms with Gasteiger partial charge in [-0.15, -0.1) is 0 Å². The quantitative estimate of drug-likeness (QED) is 0.702. The van der Waals surface area contributed by atoms with Crippen molar-refractivity contribution < 1.29 is 23.5 Å². The molecule has 2 aromatic rings. The molecule has 1 amide bonds. The highest BCUT2D eigenvalue weighted by atomic mass is 79.9. The highest BCUT2D eigenvalue weighted by Crippen LogP contribution is 2.22. The van der Waals surface area contributed by atoms with Gasteiger partial charge >= 0.3 is 0 Å². The molecule has 132 valence electrons. The highest BCUT2D eigenvalue weighted by Gasteiger charge is 2.12. The number of benzene rings is 2. The van der Waals surface area contributed by atoms with Crippen LogP contribution in [0.5, 0.6) is 5.75 Å². The number of anilines is 1. The van der Waals surface area contributed by atoms with Crippen molar-refractivity contribution >= 4 is 33.3 Å². The Kier molecular flexibility index (Phi) is 6.66. The summed E-state index contributed by atoms with van der Waals surface area (Å²) in [6, 6.07) is 9.22. The van der Waals surface area contributed by atoms with E-state index in [-0.39, 0.29) is 24.7 Å². The highest BCUT2D eigenvalue weighted by molar-refractivity contribution is 9.10. The Labute approximate surface area is 153 Å². The molecule has 0 aromatic heterocycles. The molecule has 2 aromatic carbocycles. The van der Waals surface area contributed by atoms with E-state index in [4.69, 9.17) is 9.47 Å². The molecule has 0 atom stereocenters. The number of nitrogens with one attached hydrogen (secondary N) is 1. The van der Waals surface area contributed by atoms with E-state index < -0.39 is 11.7 Å². The lowest BCUT2D eigenvalue weighted by Gasteiger charge is -2.12. The van der Waals surface area contributed by atoms with Gasteiger partial charge in [0.15, 0.2) is 12.4 Å². The second kappa shape index (κ2) is 8.73. The van der Waals surface area contributed by atoms with Gasteiger partial charge < -0.3 is 14.8 Å². The molecule has 2 rings (SSSR count). The van der Waals surface area contributed by atoms with E-state index in [1.807, 2.05) is 0 Å². The van der Waals surface area contributed by atoms with Gasteiger partial charge in [0.1, 0.15) is 11.6 Å². The molecule has 0 saturated carbocycles. The fourth-order valence-corrected chi connectivity index (χ4v) is 2.46. The number of amides is 1. The first-order valence-corrected chi connectivity index (χ1v) is 8.20. The molecule has 25 heavy (non-hydrogen) atoms. The predicted molar refractivity (Wildman–Crippen MR) is 95.4 cm³/mol. The average Bonchev–Trinajstić information content (AvgIpc) is 2.56. The lowest BCUT2D eigenvalue weighted by atomic mass is 10.1. The van der Waals surface area contributed by atoms with E-state index in [1.165, 1.54) is 26.2 Å². The smallest absolute Gasteiger partial charge is 0.262 e. The molecule has 0 heterocycles. The summed E-state index contributed by atoms with van der Waals surface area (Å²) in [6.45, 7) is 1.40. The molecule has 1 N–H and O–H groups in total. The van der Waals surface area contributed by atoms with Crippen LogP contribution in [0.25, 0.3) is 0 Å². The lowest BCUT2D eigenvalue weighted by Crippen LogP contribution is -2.21. The van der Waals surface area contributed by atoms with E-state index in [2.05, 4.69) is 21.2 Å². The monoisotopic (exact) mass is 409 g/mol. The molecule has 0 aliphatic rings. The summed E-state index contributed by atoms with van der Waals surface area (Å²) < 4.78 is 24.9. The second-order valence-electron chi connectivity index (χ2n) is 5.27. The molecular formula is C18H17BrFNO4. The fourth-order valence-electron chi connectivity index (χ4n) is 2.13. The number of rotatable bonds is 7. The molecule has 0 bridgehead atoms. The molecule has 0 radical (unpaired) electrons. The third-order valence-electron chi connectivity index (χ3n) is 3.33. The zero-order valence-electron chi connectivity index (χ0n) is 13.8. The molecule has 0 saturated heterocycles. The molecule has 0 aliphatic heterocycles. The Morgan fingerprint density at radius 3 is 2.60 bits per heavy atom. The number of carbonyl (C=O) groups is 2. The van der Waals surface area contributed by atoms with Crippen LogP contribution in [0.3, 0.4) is 0 Å². The number of ketones is 1. The van der Waals surface area contributed by atoms with Crippen molar-refractivity contribution in [2.45, 2.75) is 13.5 Å². The number of methoxy groups -OCH3 is 1. The van der Waals surface area contributed by atoms with Crippen LogP contribution >= 0.6 is 15.9 Å². The fraction of sp³-hybridized carbons (Fsp3) is 0.222. The van der Waals surface area contributed by atoms with Gasteiger partial charge in [0, 0.05) is 22.7 Å². The van der Waals surface area contributed by atoms with Crippen LogP contribution < -0.4 is 10.1 Å². The normalized spacial score (nSPS) is 10.4. The van der Waals surface area contributed by atoms with Crippen LogP contribution in [0, 0.1) is 5.82 Å². The Bertz CT molecular complexity index is 795. The molecule has 7 heteroatoms. The number of hydrogen-bond acceptors (Lipinski definition) is 4. The maximum absolute atomic E-state index is 13.7. The van der Waals surface area contributed by atoms with Gasteiger partial charge in [-0.1, -0.05) is 15.9 Å². The number of carbonyl (C=O) groups excluding carboxylic acids is 2. The van der Waals surface area contributed by atoms with Gasteiger partial charge in [0.05, 0.1) is 12.3 Å². The van der Waals surface area contributed by atoms with Crippen molar-refractivity contribution in [2.75, 3.05) is 19.0 Å². The minimum Gasteiger partial charge on any atom is -0.483 e. The van der Waals surface area contributed by atoms with E-state index >= 15 is 0 Å². The average molecular weight is 410 g/mol. The Balaban J connectivity index is 2.04. The molecule has 0 fully saturated rings. The number of hydrogen-bond donors (Lipinski definition) is 1. The molecule has 0 unspecified atom stereocenters. The van der Waals surface area contributed by atoms with Crippen LogP contribution in [0.1, 0.15) is 22.8 Å². The first kappa shape index (κ1) is 19.1. The van der Waals surface area contributed by atoms with Crippen molar-refractivity contribution in [3.8, 4) is 5.75 Å². The zero-order chi connectivity index (χ0) is 18.4. The van der Waals surface area contributed by atoms with Crippen molar-refractivity contribution in [1.82, 2.24) is 0 Å². The standard InChI is InChI=1S/C18H17BrFNO4/c1-11(22)12-3-6-17(13(7-12)9-24-2)25-10-18(23)21-16-5-4-14(19)8-15(16)20/h3-8H,9-10H2,1-2H3,(H,21,23). The first-order valence-electron chi connectivity index (χ1n) is 7.41. The third-order valence-corrected chi connectivity index (χ3v) is 3.82. The van der Waals surface area contributed by atoms with Gasteiger partial charge in [-0.3, -0.25) is 9.59 Å². The van der Waals surface area contributed by atoms with Crippen molar-refractivity contribution in [3.05, 3.63) is 57.8 Å². The molecule has 0 spiro atoms. The minimum atomic E-state index is -0.548. The number of halogens is 2. The molecule has 0 aliphatic carbocycles. The maximum Gasteiger partial charge on any atom is 0.262 e. The maximum atomic E-state index is 13.7. The van der Waals surface area contributed by atoms with Gasteiger partial charge in [0.25, 0.3) is 5.91 Å². The van der Waals surface area contributed by atoms with Gasteiger partial charge in [-0.25, -0.2) is 4.39 Å². The zero-order valence-corrected chi connectivity index (χ0v) is 15.4. The summed E-state index contributed by atoms with van der Waals surface area (Å²) in [5, 5.41) is 2.44. The SMILES string of the molecule is COCc1cc(C(C)=O)ccc1OCC(=O)Nc1ccc(Br)cc1F. The minimum absolute atomic E-state index is 0.0702. The van der Waals surface area contributed by atoms with Crippen LogP contribution in [0.2, 0.25) is 0 Å². The first-order chi connectivity index (χ1) is 11.9. The third kappa shape index (κ3) is 5.37. The number of ether oxygens (including phenoxy) is 2. The van der Waals surface area contributed by atoms with Gasteiger partial charge in [-0.05, 0) is 43.3 Å². The summed E-state index contributed by atoms with van der Waals surface area (Å²) in [7, 11) is 1.52. The summed E-state index contributed by atoms with van der Waals surface area (Å²) >= 11 is 3.15. The largest absolute Gasteiger partial charge is 0.483 e. The summed E-state index contributed by atoms with van der Waals surface area (Å²) in [5.41, 5.74) is 1.25. The topological polar surface area (TPSA) is 64.6 Å². The van der Waals surface area contributed by atoms with E-state index in [1.54, 1.807) is 24.3 Å². The van der Waals surface area contributed by atoms with E-state index in [0.717, 1.165) is 0 Å². The van der Waals surface area contributed by atoms with Crippen LogP contribution in [0.4, 0.5) is 10.1 Å².